The van der Waals surface area contributed by atoms with E-state index in [9.17, 15) is 4.79 Å². The molecule has 1 aromatic carbocycles. The fourth-order valence-corrected chi connectivity index (χ4v) is 1.98. The van der Waals surface area contributed by atoms with Crippen LogP contribution >= 0.6 is 0 Å². The minimum absolute atomic E-state index is 0.0386. The van der Waals surface area contributed by atoms with Crippen LogP contribution in [0.1, 0.15) is 5.56 Å². The molecule has 18 heavy (non-hydrogen) atoms. The number of benzene rings is 1. The first-order chi connectivity index (χ1) is 8.61. The van der Waals surface area contributed by atoms with E-state index in [1.54, 1.807) is 11.9 Å². The number of likely N-dealkylation sites (N-methyl/N-ethyl adjacent to an activating group) is 2. The Morgan fingerprint density at radius 2 is 2.28 bits per heavy atom. The van der Waals surface area contributed by atoms with Crippen molar-refractivity contribution in [1.29, 1.82) is 0 Å². The van der Waals surface area contributed by atoms with Crippen molar-refractivity contribution in [2.45, 2.75) is 6.54 Å². The topological polar surface area (TPSA) is 53.0 Å². The fraction of sp³-hybridized carbons (Fsp3) is 0.462. The average Bonchev–Trinajstić information content (AvgIpc) is 2.35. The van der Waals surface area contributed by atoms with Gasteiger partial charge in [-0.05, 0) is 24.7 Å². The average molecular weight is 250 g/mol. The Morgan fingerprint density at radius 3 is 3.00 bits per heavy atom. The minimum atomic E-state index is -0.0386. The Balaban J connectivity index is 2.18. The van der Waals surface area contributed by atoms with Gasteiger partial charge in [0.25, 0.3) is 5.91 Å². The van der Waals surface area contributed by atoms with Gasteiger partial charge in [0.2, 0.25) is 0 Å². The molecule has 0 bridgehead atoms. The number of carbonyl (C=O) groups is 1. The van der Waals surface area contributed by atoms with Gasteiger partial charge in [-0.15, -0.1) is 0 Å². The van der Waals surface area contributed by atoms with Crippen LogP contribution in [-0.2, 0) is 11.3 Å². The Hall–Kier alpha value is -1.59. The highest BCUT2D eigenvalue weighted by atomic mass is 16.5. The summed E-state index contributed by atoms with van der Waals surface area (Å²) in [5.74, 6) is 0.703. The molecule has 1 aliphatic heterocycles. The van der Waals surface area contributed by atoms with E-state index < -0.39 is 0 Å². The molecule has 1 heterocycles. The van der Waals surface area contributed by atoms with Crippen LogP contribution in [0.25, 0.3) is 0 Å². The van der Waals surface area contributed by atoms with Crippen molar-refractivity contribution in [1.82, 2.24) is 4.90 Å². The second-order valence-corrected chi connectivity index (χ2v) is 4.50. The van der Waals surface area contributed by atoms with E-state index in [1.807, 2.05) is 30.1 Å². The number of rotatable bonds is 4. The maximum absolute atomic E-state index is 11.6. The van der Waals surface area contributed by atoms with Crippen LogP contribution in [0.4, 0.5) is 5.69 Å². The molecule has 0 spiro atoms. The molecule has 0 fully saturated rings. The molecular weight excluding hydrogens is 232 g/mol. The molecule has 0 aromatic heterocycles. The van der Waals surface area contributed by atoms with E-state index in [0.29, 0.717) is 6.54 Å². The standard InChI is InChI=1S/C13H18N2O3/c1-14(5-6-16)8-10-3-4-12-11(7-10)15(2)13(17)9-18-12/h3-4,7,16H,5-6,8-9H2,1-2H3. The Bertz CT molecular complexity index is 448. The van der Waals surface area contributed by atoms with Gasteiger partial charge in [0.15, 0.2) is 6.61 Å². The normalized spacial score (nSPS) is 14.7. The molecule has 5 nitrogen and oxygen atoms in total. The lowest BCUT2D eigenvalue weighted by Crippen LogP contribution is -2.35. The lowest BCUT2D eigenvalue weighted by Gasteiger charge is -2.27. The Kier molecular flexibility index (Phi) is 3.84. The van der Waals surface area contributed by atoms with Gasteiger partial charge < -0.3 is 14.7 Å². The Labute approximate surface area is 107 Å². The lowest BCUT2D eigenvalue weighted by molar-refractivity contribution is -0.120. The number of fused-ring (bicyclic) bond motifs is 1. The lowest BCUT2D eigenvalue weighted by atomic mass is 10.1. The zero-order chi connectivity index (χ0) is 13.1. The maximum atomic E-state index is 11.6. The van der Waals surface area contributed by atoms with E-state index in [0.717, 1.165) is 23.5 Å². The predicted molar refractivity (Wildman–Crippen MR) is 68.8 cm³/mol. The van der Waals surface area contributed by atoms with Gasteiger partial charge in [0.05, 0.1) is 12.3 Å². The third kappa shape index (κ3) is 2.63. The highest BCUT2D eigenvalue weighted by Gasteiger charge is 2.22. The van der Waals surface area contributed by atoms with Crippen molar-refractivity contribution < 1.29 is 14.6 Å². The molecule has 2 rings (SSSR count). The molecule has 0 atom stereocenters. The van der Waals surface area contributed by atoms with Crippen LogP contribution in [0.15, 0.2) is 18.2 Å². The summed E-state index contributed by atoms with van der Waals surface area (Å²) >= 11 is 0. The van der Waals surface area contributed by atoms with Crippen LogP contribution in [-0.4, -0.2) is 49.8 Å². The summed E-state index contributed by atoms with van der Waals surface area (Å²) in [6, 6.07) is 5.83. The molecule has 1 aliphatic rings. The zero-order valence-corrected chi connectivity index (χ0v) is 10.7. The summed E-state index contributed by atoms with van der Waals surface area (Å²) in [6.45, 7) is 1.61. The van der Waals surface area contributed by atoms with Crippen LogP contribution in [0, 0.1) is 0 Å². The molecule has 1 N–H and O–H groups in total. The second-order valence-electron chi connectivity index (χ2n) is 4.50. The van der Waals surface area contributed by atoms with Crippen LogP contribution < -0.4 is 9.64 Å². The number of anilines is 1. The molecule has 1 aromatic rings. The molecule has 0 unspecified atom stereocenters. The number of carbonyl (C=O) groups excluding carboxylic acids is 1. The van der Waals surface area contributed by atoms with Crippen molar-refractivity contribution in [2.75, 3.05) is 38.8 Å². The molecule has 0 aliphatic carbocycles. The smallest absolute Gasteiger partial charge is 0.264 e. The third-order valence-electron chi connectivity index (χ3n) is 3.04. The summed E-state index contributed by atoms with van der Waals surface area (Å²) in [5.41, 5.74) is 1.90. The fourth-order valence-electron chi connectivity index (χ4n) is 1.98. The van der Waals surface area contributed by atoms with Crippen molar-refractivity contribution in [3.8, 4) is 5.75 Å². The summed E-state index contributed by atoms with van der Waals surface area (Å²) in [4.78, 5) is 15.2. The molecular formula is C13H18N2O3. The maximum Gasteiger partial charge on any atom is 0.264 e. The molecule has 0 radical (unpaired) electrons. The summed E-state index contributed by atoms with van der Waals surface area (Å²) in [6.07, 6.45) is 0. The highest BCUT2D eigenvalue weighted by molar-refractivity contribution is 5.97. The summed E-state index contributed by atoms with van der Waals surface area (Å²) in [5, 5.41) is 8.87. The van der Waals surface area contributed by atoms with E-state index >= 15 is 0 Å². The van der Waals surface area contributed by atoms with Crippen molar-refractivity contribution in [3.63, 3.8) is 0 Å². The van der Waals surface area contributed by atoms with Gasteiger partial charge >= 0.3 is 0 Å². The van der Waals surface area contributed by atoms with E-state index in [1.165, 1.54) is 0 Å². The van der Waals surface area contributed by atoms with Gasteiger partial charge in [-0.25, -0.2) is 0 Å². The van der Waals surface area contributed by atoms with Gasteiger partial charge in [-0.1, -0.05) is 6.07 Å². The molecule has 0 saturated heterocycles. The predicted octanol–water partition coefficient (Wildman–Crippen LogP) is 0.466. The number of aliphatic hydroxyl groups is 1. The molecule has 0 saturated carbocycles. The number of ether oxygens (including phenoxy) is 1. The van der Waals surface area contributed by atoms with Gasteiger partial charge in [0.1, 0.15) is 5.75 Å². The summed E-state index contributed by atoms with van der Waals surface area (Å²) < 4.78 is 5.37. The number of nitrogens with zero attached hydrogens (tertiary/aromatic N) is 2. The summed E-state index contributed by atoms with van der Waals surface area (Å²) in [7, 11) is 3.70. The van der Waals surface area contributed by atoms with Crippen molar-refractivity contribution >= 4 is 11.6 Å². The van der Waals surface area contributed by atoms with Gasteiger partial charge in [-0.3, -0.25) is 9.69 Å². The first-order valence-corrected chi connectivity index (χ1v) is 5.93. The first-order valence-electron chi connectivity index (χ1n) is 5.93. The van der Waals surface area contributed by atoms with E-state index in [-0.39, 0.29) is 19.1 Å². The number of aliphatic hydroxyl groups excluding tert-OH is 1. The van der Waals surface area contributed by atoms with Crippen LogP contribution in [0.5, 0.6) is 5.75 Å². The van der Waals surface area contributed by atoms with Crippen LogP contribution in [0.2, 0.25) is 0 Å². The Morgan fingerprint density at radius 1 is 1.50 bits per heavy atom. The molecule has 98 valence electrons. The van der Waals surface area contributed by atoms with Crippen molar-refractivity contribution in [2.24, 2.45) is 0 Å². The monoisotopic (exact) mass is 250 g/mol. The zero-order valence-electron chi connectivity index (χ0n) is 10.7. The molecule has 1 amide bonds. The molecule has 5 heteroatoms. The third-order valence-corrected chi connectivity index (χ3v) is 3.04. The number of amides is 1. The second kappa shape index (κ2) is 5.37. The van der Waals surface area contributed by atoms with E-state index in [2.05, 4.69) is 0 Å². The first kappa shape index (κ1) is 12.9. The minimum Gasteiger partial charge on any atom is -0.482 e. The number of hydrogen-bond acceptors (Lipinski definition) is 4. The SMILES string of the molecule is CN(CCO)Cc1ccc2c(c1)N(C)C(=O)CO2. The quantitative estimate of drug-likeness (QED) is 0.844. The van der Waals surface area contributed by atoms with Gasteiger partial charge in [0, 0.05) is 20.1 Å². The van der Waals surface area contributed by atoms with Crippen molar-refractivity contribution in [3.05, 3.63) is 23.8 Å². The van der Waals surface area contributed by atoms with Gasteiger partial charge in [-0.2, -0.15) is 0 Å². The highest BCUT2D eigenvalue weighted by Crippen LogP contribution is 2.32. The largest absolute Gasteiger partial charge is 0.482 e. The van der Waals surface area contributed by atoms with E-state index in [4.69, 9.17) is 9.84 Å². The number of hydrogen-bond donors (Lipinski definition) is 1. The van der Waals surface area contributed by atoms with Crippen LogP contribution in [0.3, 0.4) is 0 Å².